The number of hydrogen-bond donors (Lipinski definition) is 1. The number of piperazine rings is 2. The molecule has 6 nitrogen and oxygen atoms in total. The number of rotatable bonds is 2. The van der Waals surface area contributed by atoms with Crippen molar-refractivity contribution in [3.63, 3.8) is 0 Å². The van der Waals surface area contributed by atoms with Gasteiger partial charge in [-0.15, -0.1) is 0 Å². The maximum Gasteiger partial charge on any atom is 0.254 e. The number of carbonyl (C=O) groups excluding carboxylic acids is 3. The summed E-state index contributed by atoms with van der Waals surface area (Å²) in [5.41, 5.74) is 0.370. The quantitative estimate of drug-likeness (QED) is 0.859. The first-order valence-electron chi connectivity index (χ1n) is 7.77. The second-order valence-corrected chi connectivity index (χ2v) is 6.80. The lowest BCUT2D eigenvalue weighted by Crippen LogP contribution is -2.69. The zero-order valence-electron chi connectivity index (χ0n) is 13.1. The van der Waals surface area contributed by atoms with Gasteiger partial charge >= 0.3 is 0 Å². The molecule has 0 aliphatic carbocycles. The van der Waals surface area contributed by atoms with Crippen LogP contribution in [0, 0.1) is 0 Å². The van der Waals surface area contributed by atoms with Crippen LogP contribution in [0.4, 0.5) is 0 Å². The number of halogens is 2. The predicted molar refractivity (Wildman–Crippen MR) is 90.1 cm³/mol. The van der Waals surface area contributed by atoms with Gasteiger partial charge in [-0.1, -0.05) is 30.1 Å². The maximum atomic E-state index is 12.7. The van der Waals surface area contributed by atoms with E-state index in [2.05, 4.69) is 5.32 Å². The van der Waals surface area contributed by atoms with Crippen LogP contribution in [-0.2, 0) is 9.59 Å². The van der Waals surface area contributed by atoms with Crippen molar-refractivity contribution in [2.24, 2.45) is 0 Å². The van der Waals surface area contributed by atoms with E-state index in [1.807, 2.05) is 6.92 Å². The molecule has 1 N–H and O–H groups in total. The summed E-state index contributed by atoms with van der Waals surface area (Å²) in [6, 6.07) is 3.52. The van der Waals surface area contributed by atoms with Crippen molar-refractivity contribution >= 4 is 40.9 Å². The highest BCUT2D eigenvalue weighted by molar-refractivity contribution is 6.35. The minimum atomic E-state index is -0.646. The maximum absolute atomic E-state index is 12.7. The number of benzene rings is 1. The topological polar surface area (TPSA) is 69.7 Å². The van der Waals surface area contributed by atoms with Crippen LogP contribution in [0.5, 0.6) is 0 Å². The molecule has 0 spiro atoms. The number of nitrogens with zero attached hydrogens (tertiary/aromatic N) is 2. The molecule has 128 valence electrons. The molecule has 3 rings (SSSR count). The number of nitrogens with one attached hydrogen (secondary N) is 1. The normalized spacial score (nSPS) is 23.8. The Kier molecular flexibility index (Phi) is 4.69. The van der Waals surface area contributed by atoms with Crippen molar-refractivity contribution < 1.29 is 14.4 Å². The fourth-order valence-electron chi connectivity index (χ4n) is 3.12. The Morgan fingerprint density at radius 2 is 1.88 bits per heavy atom. The first kappa shape index (κ1) is 17.0. The number of hydrogen-bond acceptors (Lipinski definition) is 3. The van der Waals surface area contributed by atoms with Gasteiger partial charge < -0.3 is 15.1 Å². The van der Waals surface area contributed by atoms with E-state index in [0.29, 0.717) is 35.1 Å². The van der Waals surface area contributed by atoms with Crippen molar-refractivity contribution in [2.45, 2.75) is 25.4 Å². The van der Waals surface area contributed by atoms with Crippen molar-refractivity contribution in [1.29, 1.82) is 0 Å². The molecule has 0 bridgehead atoms. The van der Waals surface area contributed by atoms with E-state index in [4.69, 9.17) is 23.2 Å². The first-order chi connectivity index (χ1) is 11.4. The molecule has 1 aromatic rings. The SMILES string of the molecule is CC[C@@H]1NC(=O)[C@H]2CN(C(=O)c3cc(Cl)cc(Cl)c3)CCN2C1=O. The molecule has 3 amide bonds. The Balaban J connectivity index is 1.78. The highest BCUT2D eigenvalue weighted by atomic mass is 35.5. The Morgan fingerprint density at radius 3 is 2.50 bits per heavy atom. The van der Waals surface area contributed by atoms with Crippen LogP contribution in [0.1, 0.15) is 23.7 Å². The van der Waals surface area contributed by atoms with E-state index < -0.39 is 12.1 Å². The Bertz CT molecular complexity index is 690. The first-order valence-corrected chi connectivity index (χ1v) is 8.52. The van der Waals surface area contributed by atoms with E-state index in [0.717, 1.165) is 0 Å². The molecule has 2 heterocycles. The number of amides is 3. The molecule has 2 fully saturated rings. The lowest BCUT2D eigenvalue weighted by Gasteiger charge is -2.45. The summed E-state index contributed by atoms with van der Waals surface area (Å²) < 4.78 is 0. The van der Waals surface area contributed by atoms with Gasteiger partial charge in [-0.25, -0.2) is 0 Å². The molecule has 2 aliphatic rings. The third kappa shape index (κ3) is 3.08. The molecule has 2 saturated heterocycles. The van der Waals surface area contributed by atoms with Crippen LogP contribution in [0.15, 0.2) is 18.2 Å². The largest absolute Gasteiger partial charge is 0.342 e. The zero-order valence-corrected chi connectivity index (χ0v) is 14.6. The molecule has 24 heavy (non-hydrogen) atoms. The molecule has 0 saturated carbocycles. The van der Waals surface area contributed by atoms with Crippen LogP contribution in [-0.4, -0.2) is 59.2 Å². The summed E-state index contributed by atoms with van der Waals surface area (Å²) in [4.78, 5) is 40.4. The summed E-state index contributed by atoms with van der Waals surface area (Å²) in [7, 11) is 0. The minimum Gasteiger partial charge on any atom is -0.342 e. The van der Waals surface area contributed by atoms with E-state index in [-0.39, 0.29) is 24.3 Å². The number of carbonyl (C=O) groups is 3. The van der Waals surface area contributed by atoms with Gasteiger partial charge in [0.05, 0.1) is 6.54 Å². The molecule has 8 heteroatoms. The molecule has 0 aromatic heterocycles. The van der Waals surface area contributed by atoms with Gasteiger partial charge in [-0.3, -0.25) is 14.4 Å². The van der Waals surface area contributed by atoms with Crippen LogP contribution in [0.25, 0.3) is 0 Å². The van der Waals surface area contributed by atoms with Gasteiger partial charge in [0.25, 0.3) is 5.91 Å². The van der Waals surface area contributed by atoms with Gasteiger partial charge in [-0.2, -0.15) is 0 Å². The van der Waals surface area contributed by atoms with Crippen LogP contribution >= 0.6 is 23.2 Å². The standard InChI is InChI=1S/C16H17Cl2N3O3/c1-2-12-16(24)21-4-3-20(8-13(21)14(22)19-12)15(23)9-5-10(17)7-11(18)6-9/h5-7,12-13H,2-4,8H2,1H3,(H,19,22)/t12-,13+/m0/s1. The van der Waals surface area contributed by atoms with Gasteiger partial charge in [0, 0.05) is 28.7 Å². The molecular weight excluding hydrogens is 353 g/mol. The Morgan fingerprint density at radius 1 is 1.21 bits per heavy atom. The molecule has 0 unspecified atom stereocenters. The van der Waals surface area contributed by atoms with Crippen molar-refractivity contribution in [2.75, 3.05) is 19.6 Å². The van der Waals surface area contributed by atoms with Gasteiger partial charge in [0.2, 0.25) is 11.8 Å². The van der Waals surface area contributed by atoms with E-state index >= 15 is 0 Å². The predicted octanol–water partition coefficient (Wildman–Crippen LogP) is 1.55. The van der Waals surface area contributed by atoms with Crippen molar-refractivity contribution in [3.8, 4) is 0 Å². The summed E-state index contributed by atoms with van der Waals surface area (Å²) in [5, 5.41) is 3.47. The Labute approximate surface area is 149 Å². The van der Waals surface area contributed by atoms with E-state index in [1.165, 1.54) is 0 Å². The summed E-state index contributed by atoms with van der Waals surface area (Å²) in [6.45, 7) is 2.73. The van der Waals surface area contributed by atoms with Crippen LogP contribution < -0.4 is 5.32 Å². The van der Waals surface area contributed by atoms with Crippen LogP contribution in [0.3, 0.4) is 0 Å². The van der Waals surface area contributed by atoms with E-state index in [1.54, 1.807) is 28.0 Å². The molecule has 2 aliphatic heterocycles. The number of fused-ring (bicyclic) bond motifs is 1. The highest BCUT2D eigenvalue weighted by Gasteiger charge is 2.43. The third-order valence-corrected chi connectivity index (χ3v) is 4.82. The summed E-state index contributed by atoms with van der Waals surface area (Å²) >= 11 is 11.9. The average molecular weight is 370 g/mol. The van der Waals surface area contributed by atoms with Gasteiger partial charge in [-0.05, 0) is 24.6 Å². The molecular formula is C16H17Cl2N3O3. The lowest BCUT2D eigenvalue weighted by atomic mass is 10.0. The van der Waals surface area contributed by atoms with Crippen molar-refractivity contribution in [3.05, 3.63) is 33.8 Å². The zero-order chi connectivity index (χ0) is 17.4. The van der Waals surface area contributed by atoms with Crippen LogP contribution in [0.2, 0.25) is 10.0 Å². The third-order valence-electron chi connectivity index (χ3n) is 4.39. The second kappa shape index (κ2) is 6.61. The summed E-state index contributed by atoms with van der Waals surface area (Å²) in [5.74, 6) is -0.556. The fraction of sp³-hybridized carbons (Fsp3) is 0.438. The second-order valence-electron chi connectivity index (χ2n) is 5.93. The monoisotopic (exact) mass is 369 g/mol. The molecule has 2 atom stereocenters. The van der Waals surface area contributed by atoms with Gasteiger partial charge in [0.1, 0.15) is 12.1 Å². The lowest BCUT2D eigenvalue weighted by molar-refractivity contribution is -0.152. The van der Waals surface area contributed by atoms with Crippen molar-refractivity contribution in [1.82, 2.24) is 15.1 Å². The molecule has 0 radical (unpaired) electrons. The van der Waals surface area contributed by atoms with E-state index in [9.17, 15) is 14.4 Å². The fourth-order valence-corrected chi connectivity index (χ4v) is 3.65. The average Bonchev–Trinajstić information content (AvgIpc) is 2.56. The van der Waals surface area contributed by atoms with Gasteiger partial charge in [0.15, 0.2) is 0 Å². The Hall–Kier alpha value is -1.79. The highest BCUT2D eigenvalue weighted by Crippen LogP contribution is 2.23. The minimum absolute atomic E-state index is 0.0833. The summed E-state index contributed by atoms with van der Waals surface area (Å²) in [6.07, 6.45) is 0.553. The smallest absolute Gasteiger partial charge is 0.254 e. The molecule has 1 aromatic carbocycles.